The molecular weight excluding hydrogens is 232 g/mol. The fraction of sp³-hybridized carbons (Fsp3) is 0.333. The molecule has 100 valence electrons. The standard InChI is InChI=1S/C18H22O/c1-12-5-7-16(8-6-12)11-18(19)17-10-14(3)13(2)9-15(17)4/h5-10,18-19H,11H2,1-4H3. The summed E-state index contributed by atoms with van der Waals surface area (Å²) < 4.78 is 0. The van der Waals surface area contributed by atoms with Crippen LogP contribution in [0.5, 0.6) is 0 Å². The zero-order chi connectivity index (χ0) is 14.0. The van der Waals surface area contributed by atoms with E-state index in [-0.39, 0.29) is 0 Å². The zero-order valence-electron chi connectivity index (χ0n) is 12.2. The summed E-state index contributed by atoms with van der Waals surface area (Å²) in [5, 5.41) is 10.4. The second-order valence-electron chi connectivity index (χ2n) is 5.50. The molecular formula is C18H22O. The van der Waals surface area contributed by atoms with E-state index in [1.165, 1.54) is 27.8 Å². The van der Waals surface area contributed by atoms with Crippen LogP contribution in [0.25, 0.3) is 0 Å². The molecule has 1 heteroatoms. The van der Waals surface area contributed by atoms with E-state index in [4.69, 9.17) is 0 Å². The Balaban J connectivity index is 2.22. The summed E-state index contributed by atoms with van der Waals surface area (Å²) in [6, 6.07) is 12.6. The van der Waals surface area contributed by atoms with Crippen molar-refractivity contribution in [2.45, 2.75) is 40.2 Å². The Labute approximate surface area is 115 Å². The average molecular weight is 254 g/mol. The molecule has 0 saturated carbocycles. The SMILES string of the molecule is Cc1ccc(CC(O)c2cc(C)c(C)cc2C)cc1. The van der Waals surface area contributed by atoms with Gasteiger partial charge in [-0.25, -0.2) is 0 Å². The Morgan fingerprint density at radius 1 is 0.842 bits per heavy atom. The molecule has 0 aliphatic heterocycles. The topological polar surface area (TPSA) is 20.2 Å². The molecule has 2 aromatic carbocycles. The fourth-order valence-electron chi connectivity index (χ4n) is 2.40. The molecule has 2 rings (SSSR count). The van der Waals surface area contributed by atoms with Crippen molar-refractivity contribution >= 4 is 0 Å². The molecule has 19 heavy (non-hydrogen) atoms. The first-order valence-electron chi connectivity index (χ1n) is 6.78. The lowest BCUT2D eigenvalue weighted by Gasteiger charge is -2.16. The molecule has 1 nitrogen and oxygen atoms in total. The van der Waals surface area contributed by atoms with E-state index in [1.54, 1.807) is 0 Å². The van der Waals surface area contributed by atoms with Crippen LogP contribution >= 0.6 is 0 Å². The van der Waals surface area contributed by atoms with Gasteiger partial charge in [0, 0.05) is 6.42 Å². The minimum atomic E-state index is -0.429. The predicted molar refractivity (Wildman–Crippen MR) is 80.5 cm³/mol. The van der Waals surface area contributed by atoms with Crippen LogP contribution in [-0.4, -0.2) is 5.11 Å². The van der Waals surface area contributed by atoms with Gasteiger partial charge in [-0.3, -0.25) is 0 Å². The maximum atomic E-state index is 10.4. The molecule has 0 aliphatic carbocycles. The second kappa shape index (κ2) is 5.58. The van der Waals surface area contributed by atoms with E-state index in [9.17, 15) is 5.11 Å². The molecule has 0 aliphatic rings. The Kier molecular flexibility index (Phi) is 4.06. The molecule has 2 aromatic rings. The van der Waals surface area contributed by atoms with E-state index >= 15 is 0 Å². The number of aliphatic hydroxyl groups is 1. The molecule has 0 saturated heterocycles. The second-order valence-corrected chi connectivity index (χ2v) is 5.50. The third-order valence-corrected chi connectivity index (χ3v) is 3.79. The Hall–Kier alpha value is -1.60. The first-order valence-corrected chi connectivity index (χ1v) is 6.78. The van der Waals surface area contributed by atoms with Gasteiger partial charge >= 0.3 is 0 Å². The summed E-state index contributed by atoms with van der Waals surface area (Å²) in [6.07, 6.45) is 0.242. The zero-order valence-corrected chi connectivity index (χ0v) is 12.2. The van der Waals surface area contributed by atoms with Crippen LogP contribution in [0.4, 0.5) is 0 Å². The Bertz CT molecular complexity index is 567. The highest BCUT2D eigenvalue weighted by Crippen LogP contribution is 2.24. The van der Waals surface area contributed by atoms with Gasteiger partial charge in [-0.15, -0.1) is 0 Å². The highest BCUT2D eigenvalue weighted by atomic mass is 16.3. The Morgan fingerprint density at radius 2 is 1.42 bits per heavy atom. The van der Waals surface area contributed by atoms with E-state index in [0.717, 1.165) is 5.56 Å². The van der Waals surface area contributed by atoms with Gasteiger partial charge in [-0.2, -0.15) is 0 Å². The summed E-state index contributed by atoms with van der Waals surface area (Å²) in [5.74, 6) is 0. The van der Waals surface area contributed by atoms with Crippen molar-refractivity contribution in [3.63, 3.8) is 0 Å². The highest BCUT2D eigenvalue weighted by Gasteiger charge is 2.12. The van der Waals surface area contributed by atoms with Gasteiger partial charge < -0.3 is 5.11 Å². The first kappa shape index (κ1) is 13.8. The third kappa shape index (κ3) is 3.24. The van der Waals surface area contributed by atoms with Gasteiger partial charge in [0.25, 0.3) is 0 Å². The van der Waals surface area contributed by atoms with Crippen molar-refractivity contribution in [3.8, 4) is 0 Å². The summed E-state index contributed by atoms with van der Waals surface area (Å²) in [4.78, 5) is 0. The summed E-state index contributed by atoms with van der Waals surface area (Å²) in [6.45, 7) is 8.35. The minimum absolute atomic E-state index is 0.429. The number of aryl methyl sites for hydroxylation is 4. The number of rotatable bonds is 3. The van der Waals surface area contributed by atoms with Crippen molar-refractivity contribution in [1.29, 1.82) is 0 Å². The molecule has 0 amide bonds. The molecule has 0 radical (unpaired) electrons. The van der Waals surface area contributed by atoms with Crippen LogP contribution in [0, 0.1) is 27.7 Å². The molecule has 0 aromatic heterocycles. The van der Waals surface area contributed by atoms with Crippen molar-refractivity contribution in [1.82, 2.24) is 0 Å². The molecule has 1 unspecified atom stereocenters. The lowest BCUT2D eigenvalue weighted by atomic mass is 9.94. The molecule has 1 atom stereocenters. The third-order valence-electron chi connectivity index (χ3n) is 3.79. The monoisotopic (exact) mass is 254 g/mol. The van der Waals surface area contributed by atoms with Crippen molar-refractivity contribution in [2.24, 2.45) is 0 Å². The number of hydrogen-bond donors (Lipinski definition) is 1. The van der Waals surface area contributed by atoms with E-state index < -0.39 is 6.10 Å². The Morgan fingerprint density at radius 3 is 2.05 bits per heavy atom. The number of aliphatic hydroxyl groups excluding tert-OH is 1. The van der Waals surface area contributed by atoms with Crippen LogP contribution < -0.4 is 0 Å². The maximum absolute atomic E-state index is 10.4. The molecule has 0 heterocycles. The molecule has 0 spiro atoms. The van der Waals surface area contributed by atoms with Gasteiger partial charge in [-0.05, 0) is 55.5 Å². The molecule has 0 bridgehead atoms. The van der Waals surface area contributed by atoms with Gasteiger partial charge in [-0.1, -0.05) is 42.0 Å². The van der Waals surface area contributed by atoms with Crippen LogP contribution in [0.3, 0.4) is 0 Å². The fourth-order valence-corrected chi connectivity index (χ4v) is 2.40. The molecule has 1 N–H and O–H groups in total. The van der Waals surface area contributed by atoms with Gasteiger partial charge in [0.05, 0.1) is 6.10 Å². The van der Waals surface area contributed by atoms with Crippen LogP contribution in [0.15, 0.2) is 36.4 Å². The summed E-state index contributed by atoms with van der Waals surface area (Å²) in [5.41, 5.74) is 7.16. The van der Waals surface area contributed by atoms with Crippen molar-refractivity contribution in [3.05, 3.63) is 69.8 Å². The van der Waals surface area contributed by atoms with Crippen molar-refractivity contribution < 1.29 is 5.11 Å². The lowest BCUT2D eigenvalue weighted by molar-refractivity contribution is 0.177. The molecule has 0 fully saturated rings. The maximum Gasteiger partial charge on any atom is 0.0833 e. The lowest BCUT2D eigenvalue weighted by Crippen LogP contribution is -2.05. The van der Waals surface area contributed by atoms with Gasteiger partial charge in [0.15, 0.2) is 0 Å². The van der Waals surface area contributed by atoms with Gasteiger partial charge in [0.2, 0.25) is 0 Å². The van der Waals surface area contributed by atoms with Crippen LogP contribution in [-0.2, 0) is 6.42 Å². The summed E-state index contributed by atoms with van der Waals surface area (Å²) >= 11 is 0. The first-order chi connectivity index (χ1) is 8.97. The van der Waals surface area contributed by atoms with Gasteiger partial charge in [0.1, 0.15) is 0 Å². The largest absolute Gasteiger partial charge is 0.388 e. The number of benzene rings is 2. The van der Waals surface area contributed by atoms with E-state index in [2.05, 4.69) is 64.1 Å². The normalized spacial score (nSPS) is 12.5. The van der Waals surface area contributed by atoms with Crippen molar-refractivity contribution in [2.75, 3.05) is 0 Å². The van der Waals surface area contributed by atoms with Crippen LogP contribution in [0.2, 0.25) is 0 Å². The highest BCUT2D eigenvalue weighted by molar-refractivity contribution is 5.38. The quantitative estimate of drug-likeness (QED) is 0.870. The van der Waals surface area contributed by atoms with Crippen LogP contribution in [0.1, 0.15) is 39.5 Å². The van der Waals surface area contributed by atoms with E-state index in [0.29, 0.717) is 6.42 Å². The average Bonchev–Trinajstić information content (AvgIpc) is 2.36. The summed E-state index contributed by atoms with van der Waals surface area (Å²) in [7, 11) is 0. The van der Waals surface area contributed by atoms with E-state index in [1.807, 2.05) is 0 Å². The minimum Gasteiger partial charge on any atom is -0.388 e. The number of hydrogen-bond acceptors (Lipinski definition) is 1. The smallest absolute Gasteiger partial charge is 0.0833 e. The predicted octanol–water partition coefficient (Wildman–Crippen LogP) is 4.20.